The number of hydrogen-bond donors (Lipinski definition) is 2. The quantitative estimate of drug-likeness (QED) is 0.715. The van der Waals surface area contributed by atoms with Gasteiger partial charge < -0.3 is 24.6 Å². The van der Waals surface area contributed by atoms with E-state index in [0.717, 1.165) is 4.90 Å². The lowest BCUT2D eigenvalue weighted by Crippen LogP contribution is -2.40. The van der Waals surface area contributed by atoms with Crippen LogP contribution in [0.15, 0.2) is 18.2 Å². The van der Waals surface area contributed by atoms with Crippen molar-refractivity contribution in [3.63, 3.8) is 0 Å². The summed E-state index contributed by atoms with van der Waals surface area (Å²) in [7, 11) is 0. The van der Waals surface area contributed by atoms with Gasteiger partial charge in [-0.15, -0.1) is 0 Å². The number of aliphatic hydroxyl groups excluding tert-OH is 1. The van der Waals surface area contributed by atoms with Crippen LogP contribution < -0.4 is 19.5 Å². The predicted molar refractivity (Wildman–Crippen MR) is 87.6 cm³/mol. The van der Waals surface area contributed by atoms with Crippen molar-refractivity contribution < 1.29 is 28.9 Å². The molecule has 1 aromatic carbocycles. The van der Waals surface area contributed by atoms with Gasteiger partial charge in [0.25, 0.3) is 5.91 Å². The van der Waals surface area contributed by atoms with Gasteiger partial charge in [-0.2, -0.15) is 0 Å². The maximum absolute atomic E-state index is 12.2. The van der Waals surface area contributed by atoms with Gasteiger partial charge in [0, 0.05) is 6.07 Å². The van der Waals surface area contributed by atoms with Gasteiger partial charge in [0.1, 0.15) is 24.5 Å². The summed E-state index contributed by atoms with van der Waals surface area (Å²) in [5, 5.41) is 12.8. The van der Waals surface area contributed by atoms with E-state index in [4.69, 9.17) is 14.2 Å². The van der Waals surface area contributed by atoms with Crippen molar-refractivity contribution in [2.75, 3.05) is 19.9 Å². The summed E-state index contributed by atoms with van der Waals surface area (Å²) >= 11 is 0. The fourth-order valence-corrected chi connectivity index (χ4v) is 2.80. The van der Waals surface area contributed by atoms with Crippen LogP contribution in [0.5, 0.6) is 17.2 Å². The number of rotatable bonds is 7. The number of imide groups is 1. The molecule has 2 aliphatic rings. The third-order valence-corrected chi connectivity index (χ3v) is 3.99. The molecule has 0 aromatic heterocycles. The zero-order valence-electron chi connectivity index (χ0n) is 14.2. The van der Waals surface area contributed by atoms with Crippen molar-refractivity contribution in [1.29, 1.82) is 0 Å². The van der Waals surface area contributed by atoms with Crippen LogP contribution in [-0.4, -0.2) is 54.0 Å². The minimum atomic E-state index is -0.988. The average Bonchev–Trinajstić information content (AvgIpc) is 3.12. The Labute approximate surface area is 145 Å². The molecule has 0 radical (unpaired) electrons. The smallest absolute Gasteiger partial charge is 0.324 e. The van der Waals surface area contributed by atoms with Crippen LogP contribution in [0.25, 0.3) is 0 Å². The summed E-state index contributed by atoms with van der Waals surface area (Å²) in [5.41, 5.74) is 0. The molecule has 0 spiro atoms. The lowest BCUT2D eigenvalue weighted by atomic mass is 10.0. The van der Waals surface area contributed by atoms with Crippen LogP contribution in [0.4, 0.5) is 4.79 Å². The van der Waals surface area contributed by atoms with Crippen LogP contribution in [0.2, 0.25) is 0 Å². The number of amides is 3. The first-order valence-corrected chi connectivity index (χ1v) is 8.26. The van der Waals surface area contributed by atoms with Gasteiger partial charge in [-0.1, -0.05) is 13.8 Å². The number of benzene rings is 1. The summed E-state index contributed by atoms with van der Waals surface area (Å²) in [5.74, 6) is 1.72. The molecular formula is C17H22N2O6. The van der Waals surface area contributed by atoms with Crippen molar-refractivity contribution in [1.82, 2.24) is 10.2 Å². The molecule has 0 bridgehead atoms. The summed E-state index contributed by atoms with van der Waals surface area (Å²) < 4.78 is 16.0. The van der Waals surface area contributed by atoms with Crippen molar-refractivity contribution >= 4 is 11.9 Å². The number of carbonyl (C=O) groups excluding carboxylic acids is 2. The molecule has 3 amide bonds. The van der Waals surface area contributed by atoms with Gasteiger partial charge in [0.05, 0.1) is 6.54 Å². The first-order chi connectivity index (χ1) is 11.9. The predicted octanol–water partition coefficient (Wildman–Crippen LogP) is 1.12. The molecule has 2 aliphatic heterocycles. The van der Waals surface area contributed by atoms with Gasteiger partial charge in [0.2, 0.25) is 6.79 Å². The van der Waals surface area contributed by atoms with E-state index in [9.17, 15) is 14.7 Å². The molecule has 8 nitrogen and oxygen atoms in total. The number of β-amino-alcohol motifs (C(OH)–C–C–N with tert-alkyl or cyclic N) is 1. The second-order valence-electron chi connectivity index (χ2n) is 6.56. The van der Waals surface area contributed by atoms with Gasteiger partial charge in [-0.05, 0) is 24.5 Å². The molecule has 136 valence electrons. The first kappa shape index (κ1) is 17.3. The van der Waals surface area contributed by atoms with Gasteiger partial charge in [-0.3, -0.25) is 9.69 Å². The highest BCUT2D eigenvalue weighted by Crippen LogP contribution is 2.35. The Morgan fingerprint density at radius 1 is 1.32 bits per heavy atom. The highest BCUT2D eigenvalue weighted by Gasteiger charge is 2.38. The Morgan fingerprint density at radius 2 is 2.08 bits per heavy atom. The Hall–Kier alpha value is -2.48. The van der Waals surface area contributed by atoms with E-state index in [2.05, 4.69) is 5.32 Å². The van der Waals surface area contributed by atoms with Crippen molar-refractivity contribution in [3.05, 3.63) is 18.2 Å². The van der Waals surface area contributed by atoms with E-state index in [0.29, 0.717) is 23.7 Å². The molecular weight excluding hydrogens is 328 g/mol. The lowest BCUT2D eigenvalue weighted by molar-refractivity contribution is -0.128. The van der Waals surface area contributed by atoms with Gasteiger partial charge >= 0.3 is 6.03 Å². The van der Waals surface area contributed by atoms with Crippen LogP contribution in [-0.2, 0) is 4.79 Å². The molecule has 3 rings (SSSR count). The molecule has 2 N–H and O–H groups in total. The summed E-state index contributed by atoms with van der Waals surface area (Å²) in [6.45, 7) is 3.98. The van der Waals surface area contributed by atoms with Crippen molar-refractivity contribution in [2.45, 2.75) is 32.4 Å². The summed E-state index contributed by atoms with van der Waals surface area (Å²) in [6.07, 6.45) is -0.414. The zero-order chi connectivity index (χ0) is 18.0. The minimum absolute atomic E-state index is 0.0500. The second-order valence-corrected chi connectivity index (χ2v) is 6.56. The van der Waals surface area contributed by atoms with Gasteiger partial charge in [0.15, 0.2) is 11.5 Å². The Kier molecular flexibility index (Phi) is 4.98. The summed E-state index contributed by atoms with van der Waals surface area (Å²) in [4.78, 5) is 25.2. The Bertz CT molecular complexity index is 663. The zero-order valence-corrected chi connectivity index (χ0v) is 14.2. The van der Waals surface area contributed by atoms with E-state index in [-0.39, 0.29) is 31.8 Å². The molecule has 0 saturated carbocycles. The largest absolute Gasteiger partial charge is 0.491 e. The van der Waals surface area contributed by atoms with Crippen LogP contribution in [0.1, 0.15) is 20.3 Å². The molecule has 1 fully saturated rings. The fourth-order valence-electron chi connectivity index (χ4n) is 2.80. The van der Waals surface area contributed by atoms with E-state index in [1.165, 1.54) is 0 Å². The normalized spacial score (nSPS) is 20.2. The topological polar surface area (TPSA) is 97.3 Å². The van der Waals surface area contributed by atoms with E-state index in [1.807, 2.05) is 13.8 Å². The van der Waals surface area contributed by atoms with Crippen molar-refractivity contribution in [2.24, 2.45) is 5.92 Å². The van der Waals surface area contributed by atoms with E-state index in [1.54, 1.807) is 18.2 Å². The van der Waals surface area contributed by atoms with E-state index >= 15 is 0 Å². The molecule has 2 heterocycles. The number of fused-ring (bicyclic) bond motifs is 1. The SMILES string of the molecule is CC(C)CC1NC(=O)N(CC(O)COc2ccc3c(c2)OCO3)C1=O. The number of carbonyl (C=O) groups is 2. The molecule has 25 heavy (non-hydrogen) atoms. The van der Waals surface area contributed by atoms with Crippen LogP contribution >= 0.6 is 0 Å². The molecule has 8 heteroatoms. The standard InChI is InChI=1S/C17H22N2O6/c1-10(2)5-13-16(21)19(17(22)18-13)7-11(20)8-23-12-3-4-14-15(6-12)25-9-24-14/h3-4,6,10-11,13,20H,5,7-9H2,1-2H3,(H,18,22). The Morgan fingerprint density at radius 3 is 2.84 bits per heavy atom. The summed E-state index contributed by atoms with van der Waals surface area (Å²) in [6, 6.07) is 4.10. The number of aliphatic hydroxyl groups is 1. The maximum atomic E-state index is 12.2. The minimum Gasteiger partial charge on any atom is -0.491 e. The van der Waals surface area contributed by atoms with Crippen LogP contribution in [0.3, 0.4) is 0 Å². The van der Waals surface area contributed by atoms with E-state index < -0.39 is 18.2 Å². The third-order valence-electron chi connectivity index (χ3n) is 3.99. The Balaban J connectivity index is 1.51. The molecule has 0 aliphatic carbocycles. The highest BCUT2D eigenvalue weighted by atomic mass is 16.7. The molecule has 1 saturated heterocycles. The monoisotopic (exact) mass is 350 g/mol. The first-order valence-electron chi connectivity index (χ1n) is 8.26. The molecule has 2 unspecified atom stereocenters. The number of ether oxygens (including phenoxy) is 3. The highest BCUT2D eigenvalue weighted by molar-refractivity contribution is 6.04. The second kappa shape index (κ2) is 7.18. The lowest BCUT2D eigenvalue weighted by Gasteiger charge is -2.18. The fraction of sp³-hybridized carbons (Fsp3) is 0.529. The molecule has 1 aromatic rings. The number of nitrogens with zero attached hydrogens (tertiary/aromatic N) is 1. The number of nitrogens with one attached hydrogen (secondary N) is 1. The molecule has 2 atom stereocenters. The maximum Gasteiger partial charge on any atom is 0.324 e. The third kappa shape index (κ3) is 3.96. The number of hydrogen-bond acceptors (Lipinski definition) is 6. The average molecular weight is 350 g/mol. The van der Waals surface area contributed by atoms with Crippen molar-refractivity contribution in [3.8, 4) is 17.2 Å². The van der Waals surface area contributed by atoms with Crippen LogP contribution in [0, 0.1) is 5.92 Å². The number of urea groups is 1. The van der Waals surface area contributed by atoms with Gasteiger partial charge in [-0.25, -0.2) is 4.79 Å².